The van der Waals surface area contributed by atoms with Gasteiger partial charge in [-0.15, -0.1) is 0 Å². The molecule has 0 saturated carbocycles. The summed E-state index contributed by atoms with van der Waals surface area (Å²) in [5.74, 6) is -3.05. The minimum Gasteiger partial charge on any atom is -0.494 e. The van der Waals surface area contributed by atoms with Crippen molar-refractivity contribution in [3.05, 3.63) is 59.8 Å². The highest BCUT2D eigenvalue weighted by molar-refractivity contribution is 6.14. The molecule has 0 radical (unpaired) electrons. The Morgan fingerprint density at radius 3 is 2.02 bits per heavy atom. The number of halogens is 2. The first kappa shape index (κ1) is 31.1. The van der Waals surface area contributed by atoms with Crippen LogP contribution in [0.15, 0.2) is 42.6 Å². The second kappa shape index (κ2) is 11.9. The molecule has 2 aromatic carbocycles. The summed E-state index contributed by atoms with van der Waals surface area (Å²) in [6.07, 6.45) is -0.591. The highest BCUT2D eigenvalue weighted by atomic mass is 19.1. The highest BCUT2D eigenvalue weighted by Crippen LogP contribution is 2.33. The number of nitrogens with zero attached hydrogens (tertiary/aromatic N) is 2. The number of ether oxygens (including phenoxy) is 4. The van der Waals surface area contributed by atoms with E-state index in [9.17, 15) is 23.2 Å². The average molecular weight is 574 g/mol. The predicted molar refractivity (Wildman–Crippen MR) is 148 cm³/mol. The standard InChI is InChI=1S/C29H33F2N3O7/c1-28(2,3)40-26(36)34(27(37)41-29(4,5)6)24-18-10-9-17(13-16(18)11-12-32-24)33-23(25(35)39-8)19-14-22(38-7)21(31)15-20(19)30/h9-15,23,33H,1-8H3. The van der Waals surface area contributed by atoms with Crippen LogP contribution in [-0.4, -0.2) is 48.6 Å². The lowest BCUT2D eigenvalue weighted by Gasteiger charge is -2.28. The van der Waals surface area contributed by atoms with Gasteiger partial charge in [0.2, 0.25) is 0 Å². The van der Waals surface area contributed by atoms with E-state index in [1.54, 1.807) is 59.7 Å². The first-order chi connectivity index (χ1) is 19.0. The van der Waals surface area contributed by atoms with Crippen molar-refractivity contribution in [1.29, 1.82) is 0 Å². The van der Waals surface area contributed by atoms with E-state index in [-0.39, 0.29) is 17.1 Å². The second-order valence-corrected chi connectivity index (χ2v) is 11.0. The molecular formula is C29H33F2N3O7. The number of imide groups is 1. The molecule has 1 heterocycles. The van der Waals surface area contributed by atoms with Gasteiger partial charge in [-0.1, -0.05) is 0 Å². The van der Waals surface area contributed by atoms with E-state index in [4.69, 9.17) is 18.9 Å². The van der Waals surface area contributed by atoms with Gasteiger partial charge in [0.15, 0.2) is 23.4 Å². The Morgan fingerprint density at radius 2 is 1.49 bits per heavy atom. The summed E-state index contributed by atoms with van der Waals surface area (Å²) in [5.41, 5.74) is -1.69. The molecule has 0 aliphatic rings. The number of carbonyl (C=O) groups excluding carboxylic acids is 3. The zero-order valence-electron chi connectivity index (χ0n) is 24.1. The number of aromatic nitrogens is 1. The van der Waals surface area contributed by atoms with Crippen LogP contribution in [0, 0.1) is 11.6 Å². The van der Waals surface area contributed by atoms with Crippen LogP contribution < -0.4 is 15.0 Å². The Kier molecular flexibility index (Phi) is 9.05. The maximum Gasteiger partial charge on any atom is 0.425 e. The topological polar surface area (TPSA) is 116 Å². The van der Waals surface area contributed by atoms with Gasteiger partial charge in [-0.3, -0.25) is 0 Å². The number of nitrogens with one attached hydrogen (secondary N) is 1. The van der Waals surface area contributed by atoms with Crippen molar-refractivity contribution in [2.24, 2.45) is 0 Å². The SMILES string of the molecule is COC(=O)C(Nc1ccc2c(N(C(=O)OC(C)(C)C)C(=O)OC(C)(C)C)nccc2c1)c1cc(OC)c(F)cc1F. The molecule has 0 bridgehead atoms. The highest BCUT2D eigenvalue weighted by Gasteiger charge is 2.35. The molecule has 3 rings (SSSR count). The van der Waals surface area contributed by atoms with Gasteiger partial charge in [0.05, 0.1) is 14.2 Å². The lowest BCUT2D eigenvalue weighted by molar-refractivity contribution is -0.141. The van der Waals surface area contributed by atoms with Crippen LogP contribution in [0.3, 0.4) is 0 Å². The summed E-state index contributed by atoms with van der Waals surface area (Å²) in [6, 6.07) is 6.61. The third-order valence-corrected chi connectivity index (χ3v) is 5.44. The van der Waals surface area contributed by atoms with Crippen LogP contribution in [-0.2, 0) is 19.0 Å². The maximum absolute atomic E-state index is 14.8. The minimum atomic E-state index is -1.37. The Hall–Kier alpha value is -4.48. The fourth-order valence-electron chi connectivity index (χ4n) is 3.76. The number of fused-ring (bicyclic) bond motifs is 1. The molecule has 1 N–H and O–H groups in total. The molecule has 1 aromatic heterocycles. The van der Waals surface area contributed by atoms with Gasteiger partial charge in [0.25, 0.3) is 0 Å². The van der Waals surface area contributed by atoms with E-state index in [2.05, 4.69) is 10.3 Å². The largest absolute Gasteiger partial charge is 0.494 e. The Morgan fingerprint density at radius 1 is 0.878 bits per heavy atom. The van der Waals surface area contributed by atoms with Gasteiger partial charge >= 0.3 is 18.2 Å². The lowest BCUT2D eigenvalue weighted by atomic mass is 10.0. The van der Waals surface area contributed by atoms with Crippen molar-refractivity contribution in [2.45, 2.75) is 58.8 Å². The number of hydrogen-bond donors (Lipinski definition) is 1. The van der Waals surface area contributed by atoms with E-state index in [0.29, 0.717) is 27.4 Å². The van der Waals surface area contributed by atoms with Crippen molar-refractivity contribution in [3.63, 3.8) is 0 Å². The Labute approximate surface area is 236 Å². The quantitative estimate of drug-likeness (QED) is 0.260. The number of carbonyl (C=O) groups is 3. The molecule has 3 aromatic rings. The summed E-state index contributed by atoms with van der Waals surface area (Å²) in [7, 11) is 2.35. The molecule has 12 heteroatoms. The van der Waals surface area contributed by atoms with Gasteiger partial charge in [-0.05, 0) is 77.3 Å². The molecular weight excluding hydrogens is 540 g/mol. The van der Waals surface area contributed by atoms with Crippen molar-refractivity contribution >= 4 is 40.4 Å². The smallest absolute Gasteiger partial charge is 0.425 e. The molecule has 0 saturated heterocycles. The zero-order chi connectivity index (χ0) is 30.7. The van der Waals surface area contributed by atoms with Crippen molar-refractivity contribution in [3.8, 4) is 5.75 Å². The van der Waals surface area contributed by atoms with Crippen LogP contribution in [0.2, 0.25) is 0 Å². The number of pyridine rings is 1. The minimum absolute atomic E-state index is 0.0450. The lowest BCUT2D eigenvalue weighted by Crippen LogP contribution is -2.44. The molecule has 1 atom stereocenters. The van der Waals surface area contributed by atoms with Gasteiger partial charge in [0, 0.05) is 28.9 Å². The molecule has 0 fully saturated rings. The summed E-state index contributed by atoms with van der Waals surface area (Å²) in [6.45, 7) is 9.94. The fraction of sp³-hybridized carbons (Fsp3) is 0.379. The van der Waals surface area contributed by atoms with Crippen LogP contribution in [0.1, 0.15) is 53.1 Å². The van der Waals surface area contributed by atoms with E-state index in [1.165, 1.54) is 19.4 Å². The molecule has 0 aliphatic carbocycles. The van der Waals surface area contributed by atoms with Gasteiger partial charge in [0.1, 0.15) is 17.0 Å². The Bertz CT molecular complexity index is 1440. The number of esters is 1. The van der Waals surface area contributed by atoms with E-state index in [0.717, 1.165) is 13.2 Å². The maximum atomic E-state index is 14.8. The molecule has 10 nitrogen and oxygen atoms in total. The summed E-state index contributed by atoms with van der Waals surface area (Å²) >= 11 is 0. The monoisotopic (exact) mass is 573 g/mol. The summed E-state index contributed by atoms with van der Waals surface area (Å²) < 4.78 is 49.4. The summed E-state index contributed by atoms with van der Waals surface area (Å²) in [4.78, 5) is 43.9. The van der Waals surface area contributed by atoms with Crippen LogP contribution in [0.4, 0.5) is 29.9 Å². The molecule has 0 aliphatic heterocycles. The number of hydrogen-bond acceptors (Lipinski definition) is 9. The van der Waals surface area contributed by atoms with Crippen LogP contribution in [0.5, 0.6) is 5.75 Å². The third kappa shape index (κ3) is 7.59. The number of rotatable bonds is 6. The number of anilines is 2. The van der Waals surface area contributed by atoms with Crippen LogP contribution in [0.25, 0.3) is 10.8 Å². The van der Waals surface area contributed by atoms with E-state index < -0.39 is 47.0 Å². The number of methoxy groups -OCH3 is 2. The first-order valence-corrected chi connectivity index (χ1v) is 12.6. The summed E-state index contributed by atoms with van der Waals surface area (Å²) in [5, 5.41) is 3.77. The molecule has 41 heavy (non-hydrogen) atoms. The van der Waals surface area contributed by atoms with Crippen molar-refractivity contribution < 1.29 is 42.1 Å². The normalized spacial score (nSPS) is 12.3. The van der Waals surface area contributed by atoms with E-state index in [1.807, 2.05) is 0 Å². The fourth-order valence-corrected chi connectivity index (χ4v) is 3.76. The van der Waals surface area contributed by atoms with Gasteiger partial charge < -0.3 is 24.3 Å². The van der Waals surface area contributed by atoms with Crippen molar-refractivity contribution in [1.82, 2.24) is 4.98 Å². The average Bonchev–Trinajstić information content (AvgIpc) is 2.85. The third-order valence-electron chi connectivity index (χ3n) is 5.44. The zero-order valence-corrected chi connectivity index (χ0v) is 24.1. The van der Waals surface area contributed by atoms with Crippen molar-refractivity contribution in [2.75, 3.05) is 24.4 Å². The molecule has 1 unspecified atom stereocenters. The predicted octanol–water partition coefficient (Wildman–Crippen LogP) is 6.52. The second-order valence-electron chi connectivity index (χ2n) is 11.0. The Balaban J connectivity index is 2.08. The van der Waals surface area contributed by atoms with Crippen LogP contribution >= 0.6 is 0 Å². The van der Waals surface area contributed by atoms with Gasteiger partial charge in [-0.2, -0.15) is 4.90 Å². The molecule has 220 valence electrons. The molecule has 0 spiro atoms. The number of amides is 2. The van der Waals surface area contributed by atoms with E-state index >= 15 is 0 Å². The first-order valence-electron chi connectivity index (χ1n) is 12.6. The molecule has 2 amide bonds. The van der Waals surface area contributed by atoms with Gasteiger partial charge in [-0.25, -0.2) is 28.1 Å². The number of benzene rings is 2.